The first-order chi connectivity index (χ1) is 15.7. The molecule has 8 heteroatoms. The van der Waals surface area contributed by atoms with Gasteiger partial charge in [0.25, 0.3) is 5.91 Å². The summed E-state index contributed by atoms with van der Waals surface area (Å²) in [6.07, 6.45) is 1.04. The number of rotatable bonds is 9. The third kappa shape index (κ3) is 6.93. The Morgan fingerprint density at radius 2 is 1.82 bits per heavy atom. The first-order valence-electron chi connectivity index (χ1n) is 10.7. The molecule has 3 rings (SSSR count). The molecular formula is C25H28Cl2N2O3S. The molecule has 0 fully saturated rings. The molecule has 1 heterocycles. The van der Waals surface area contributed by atoms with Gasteiger partial charge in [0.2, 0.25) is 0 Å². The van der Waals surface area contributed by atoms with Crippen molar-refractivity contribution in [2.24, 2.45) is 0 Å². The van der Waals surface area contributed by atoms with Crippen molar-refractivity contribution in [1.82, 2.24) is 10.3 Å². The number of hydrogen-bond acceptors (Lipinski definition) is 5. The number of nitrogens with one attached hydrogen (secondary N) is 1. The number of aromatic nitrogens is 1. The van der Waals surface area contributed by atoms with E-state index >= 15 is 0 Å². The van der Waals surface area contributed by atoms with Crippen molar-refractivity contribution in [1.29, 1.82) is 0 Å². The number of halogens is 2. The molecule has 1 amide bonds. The van der Waals surface area contributed by atoms with Crippen LogP contribution >= 0.6 is 34.5 Å². The number of amides is 1. The number of aryl methyl sites for hydroxylation is 1. The smallest absolute Gasteiger partial charge is 0.271 e. The summed E-state index contributed by atoms with van der Waals surface area (Å²) in [6.45, 7) is 8.31. The molecule has 0 saturated heterocycles. The van der Waals surface area contributed by atoms with Gasteiger partial charge in [-0.1, -0.05) is 35.3 Å². The van der Waals surface area contributed by atoms with Crippen LogP contribution in [-0.4, -0.2) is 30.2 Å². The number of benzene rings is 2. The van der Waals surface area contributed by atoms with E-state index in [2.05, 4.69) is 17.2 Å². The highest BCUT2D eigenvalue weighted by Gasteiger charge is 2.18. The third-order valence-corrected chi connectivity index (χ3v) is 6.39. The molecule has 1 atom stereocenters. The van der Waals surface area contributed by atoms with E-state index in [1.165, 1.54) is 11.3 Å². The largest absolute Gasteiger partial charge is 0.496 e. The van der Waals surface area contributed by atoms with Gasteiger partial charge in [-0.2, -0.15) is 0 Å². The zero-order valence-electron chi connectivity index (χ0n) is 19.4. The van der Waals surface area contributed by atoms with Crippen LogP contribution in [-0.2, 0) is 17.7 Å². The molecule has 0 aliphatic carbocycles. The van der Waals surface area contributed by atoms with Crippen molar-refractivity contribution in [3.05, 3.63) is 68.1 Å². The fourth-order valence-electron chi connectivity index (χ4n) is 3.61. The molecule has 1 N–H and O–H groups in total. The maximum Gasteiger partial charge on any atom is 0.271 e. The van der Waals surface area contributed by atoms with Gasteiger partial charge in [-0.25, -0.2) is 4.98 Å². The fourth-order valence-corrected chi connectivity index (χ4v) is 5.03. The highest BCUT2D eigenvalue weighted by atomic mass is 35.5. The first-order valence-corrected chi connectivity index (χ1v) is 12.3. The first kappa shape index (κ1) is 25.5. The number of carbonyl (C=O) groups is 1. The van der Waals surface area contributed by atoms with Crippen molar-refractivity contribution in [2.45, 2.75) is 52.9 Å². The van der Waals surface area contributed by atoms with Crippen molar-refractivity contribution in [2.75, 3.05) is 7.11 Å². The molecule has 0 aliphatic heterocycles. The summed E-state index contributed by atoms with van der Waals surface area (Å²) in [4.78, 5) is 18.3. The monoisotopic (exact) mass is 506 g/mol. The van der Waals surface area contributed by atoms with Gasteiger partial charge in [-0.15, -0.1) is 11.3 Å². The fraction of sp³-hybridized carbons (Fsp3) is 0.360. The van der Waals surface area contributed by atoms with Crippen molar-refractivity contribution in [3.8, 4) is 16.3 Å². The molecule has 0 radical (unpaired) electrons. The van der Waals surface area contributed by atoms with Crippen LogP contribution in [0, 0.1) is 6.92 Å². The number of ether oxygens (including phenoxy) is 2. The Labute approximate surface area is 209 Å². The Bertz CT molecular complexity index is 1110. The minimum absolute atomic E-state index is 0.0944. The summed E-state index contributed by atoms with van der Waals surface area (Å²) in [5.41, 5.74) is 3.19. The van der Waals surface area contributed by atoms with E-state index in [0.717, 1.165) is 33.7 Å². The van der Waals surface area contributed by atoms with Gasteiger partial charge < -0.3 is 14.8 Å². The molecule has 0 spiro atoms. The Kier molecular flexibility index (Phi) is 8.76. The summed E-state index contributed by atoms with van der Waals surface area (Å²) in [7, 11) is 1.62. The number of methoxy groups -OCH3 is 1. The molecular weight excluding hydrogens is 479 g/mol. The topological polar surface area (TPSA) is 60.5 Å². The minimum atomic E-state index is -0.243. The maximum atomic E-state index is 12.9. The second-order valence-electron chi connectivity index (χ2n) is 8.11. The molecule has 1 unspecified atom stereocenters. The third-order valence-electron chi connectivity index (χ3n) is 4.93. The van der Waals surface area contributed by atoms with E-state index in [4.69, 9.17) is 32.7 Å². The summed E-state index contributed by atoms with van der Waals surface area (Å²) in [5.74, 6) is 0.479. The highest BCUT2D eigenvalue weighted by Crippen LogP contribution is 2.32. The van der Waals surface area contributed by atoms with Crippen LogP contribution in [0.4, 0.5) is 0 Å². The lowest BCUT2D eigenvalue weighted by Gasteiger charge is -2.17. The highest BCUT2D eigenvalue weighted by molar-refractivity contribution is 7.15. The quantitative estimate of drug-likeness (QED) is 0.349. The van der Waals surface area contributed by atoms with Crippen LogP contribution in [0.2, 0.25) is 10.0 Å². The van der Waals surface area contributed by atoms with E-state index < -0.39 is 0 Å². The standard InChI is InChI=1S/C25H28Cl2N2O3S/c1-14(2)32-15(3)8-17-6-7-22(31-5)19(9-17)13-28-24(30)23-16(4)33-25(29-23)18-10-20(26)12-21(27)11-18/h6-7,9-12,14-15H,8,13H2,1-5H3,(H,28,30). The molecule has 0 saturated carbocycles. The summed E-state index contributed by atoms with van der Waals surface area (Å²) in [5, 5.41) is 4.72. The van der Waals surface area contributed by atoms with Gasteiger partial charge >= 0.3 is 0 Å². The molecule has 0 aliphatic rings. The average molecular weight is 507 g/mol. The van der Waals surface area contributed by atoms with Gasteiger partial charge in [-0.05, 0) is 63.9 Å². The van der Waals surface area contributed by atoms with Crippen LogP contribution in [0.15, 0.2) is 36.4 Å². The maximum absolute atomic E-state index is 12.9. The summed E-state index contributed by atoms with van der Waals surface area (Å²) in [6, 6.07) is 11.2. The van der Waals surface area contributed by atoms with Crippen LogP contribution in [0.3, 0.4) is 0 Å². The average Bonchev–Trinajstić information content (AvgIpc) is 3.12. The molecule has 3 aromatic rings. The molecule has 1 aromatic heterocycles. The number of carbonyl (C=O) groups excluding carboxylic acids is 1. The minimum Gasteiger partial charge on any atom is -0.496 e. The Balaban J connectivity index is 1.74. The predicted octanol–water partition coefficient (Wildman–Crippen LogP) is 6.72. The number of nitrogens with zero attached hydrogens (tertiary/aromatic N) is 1. The SMILES string of the molecule is COc1ccc(CC(C)OC(C)C)cc1CNC(=O)c1nc(-c2cc(Cl)cc(Cl)c2)sc1C. The lowest BCUT2D eigenvalue weighted by atomic mass is 10.0. The zero-order valence-corrected chi connectivity index (χ0v) is 21.7. The second-order valence-corrected chi connectivity index (χ2v) is 10.2. The van der Waals surface area contributed by atoms with Crippen molar-refractivity contribution < 1.29 is 14.3 Å². The Morgan fingerprint density at radius 3 is 2.45 bits per heavy atom. The van der Waals surface area contributed by atoms with Crippen LogP contribution in [0.25, 0.3) is 10.6 Å². The van der Waals surface area contributed by atoms with Crippen molar-refractivity contribution in [3.63, 3.8) is 0 Å². The van der Waals surface area contributed by atoms with Crippen LogP contribution in [0.1, 0.15) is 47.3 Å². The van der Waals surface area contributed by atoms with Gasteiger partial charge in [-0.3, -0.25) is 4.79 Å². The van der Waals surface area contributed by atoms with Crippen molar-refractivity contribution >= 4 is 40.4 Å². The predicted molar refractivity (Wildman–Crippen MR) is 136 cm³/mol. The second kappa shape index (κ2) is 11.3. The van der Waals surface area contributed by atoms with E-state index in [1.807, 2.05) is 39.0 Å². The lowest BCUT2D eigenvalue weighted by molar-refractivity contribution is 0.0194. The Hall–Kier alpha value is -2.12. The van der Waals surface area contributed by atoms with Gasteiger partial charge in [0.05, 0.1) is 19.3 Å². The molecule has 2 aromatic carbocycles. The number of thiazole rings is 1. The van der Waals surface area contributed by atoms with E-state index in [-0.39, 0.29) is 18.1 Å². The van der Waals surface area contributed by atoms with Crippen LogP contribution in [0.5, 0.6) is 5.75 Å². The molecule has 176 valence electrons. The van der Waals surface area contributed by atoms with E-state index in [1.54, 1.807) is 25.3 Å². The molecule has 33 heavy (non-hydrogen) atoms. The normalized spacial score (nSPS) is 12.1. The lowest BCUT2D eigenvalue weighted by Crippen LogP contribution is -2.24. The Morgan fingerprint density at radius 1 is 1.12 bits per heavy atom. The van der Waals surface area contributed by atoms with Crippen LogP contribution < -0.4 is 10.1 Å². The summed E-state index contributed by atoms with van der Waals surface area (Å²) < 4.78 is 11.3. The van der Waals surface area contributed by atoms with E-state index in [9.17, 15) is 4.79 Å². The van der Waals surface area contributed by atoms with E-state index in [0.29, 0.717) is 27.3 Å². The van der Waals surface area contributed by atoms with Gasteiger partial charge in [0.1, 0.15) is 16.5 Å². The number of hydrogen-bond donors (Lipinski definition) is 1. The zero-order chi connectivity index (χ0) is 24.1. The molecule has 0 bridgehead atoms. The molecule has 5 nitrogen and oxygen atoms in total. The van der Waals surface area contributed by atoms with Gasteiger partial charge in [0, 0.05) is 32.6 Å². The van der Waals surface area contributed by atoms with Gasteiger partial charge in [0.15, 0.2) is 0 Å². The summed E-state index contributed by atoms with van der Waals surface area (Å²) >= 11 is 13.7.